The second-order valence-electron chi connectivity index (χ2n) is 2.90. The lowest BCUT2D eigenvalue weighted by molar-refractivity contribution is -0.130. The Morgan fingerprint density at radius 3 is 3.20 bits per heavy atom. The van der Waals surface area contributed by atoms with Gasteiger partial charge < -0.3 is 0 Å². The molecular formula is C7H10N2O. The number of nitrogens with zero attached hydrogens (tertiary/aromatic N) is 2. The first-order valence-corrected chi connectivity index (χ1v) is 3.64. The van der Waals surface area contributed by atoms with Gasteiger partial charge in [0.1, 0.15) is 0 Å². The highest BCUT2D eigenvalue weighted by Gasteiger charge is 2.36. The third-order valence-electron chi connectivity index (χ3n) is 2.22. The number of fused-ring (bicyclic) bond motifs is 1. The first-order valence-electron chi connectivity index (χ1n) is 3.64. The van der Waals surface area contributed by atoms with E-state index in [1.807, 2.05) is 0 Å². The summed E-state index contributed by atoms with van der Waals surface area (Å²) in [5.41, 5.74) is 1.10. The lowest BCUT2D eigenvalue weighted by Crippen LogP contribution is -2.21. The summed E-state index contributed by atoms with van der Waals surface area (Å²) in [7, 11) is 1.73. The van der Waals surface area contributed by atoms with E-state index in [9.17, 15) is 4.79 Å². The van der Waals surface area contributed by atoms with E-state index in [4.69, 9.17) is 0 Å². The predicted octanol–water partition coefficient (Wildman–Crippen LogP) is 0.615. The van der Waals surface area contributed by atoms with E-state index >= 15 is 0 Å². The van der Waals surface area contributed by atoms with Gasteiger partial charge in [-0.3, -0.25) is 4.79 Å². The van der Waals surface area contributed by atoms with E-state index in [-0.39, 0.29) is 11.8 Å². The number of amides is 1. The molecule has 0 spiro atoms. The topological polar surface area (TPSA) is 32.7 Å². The van der Waals surface area contributed by atoms with Gasteiger partial charge in [-0.2, -0.15) is 5.10 Å². The molecule has 10 heavy (non-hydrogen) atoms. The fraction of sp³-hybridized carbons (Fsp3) is 0.714. The Bertz CT molecular complexity index is 210. The fourth-order valence-electron chi connectivity index (χ4n) is 1.68. The highest BCUT2D eigenvalue weighted by atomic mass is 16.2. The number of carbonyl (C=O) groups excluding carboxylic acids is 1. The minimum atomic E-state index is 0.157. The molecule has 3 heteroatoms. The standard InChI is InChI=1S/C7H10N2O/c1-9-7(10)5-3-2-4-6(5)8-9/h5H,2-4H2,1H3/t5-/m1/s1. The monoisotopic (exact) mass is 138 g/mol. The second-order valence-corrected chi connectivity index (χ2v) is 2.90. The van der Waals surface area contributed by atoms with Crippen molar-refractivity contribution in [3.8, 4) is 0 Å². The van der Waals surface area contributed by atoms with Crippen LogP contribution >= 0.6 is 0 Å². The van der Waals surface area contributed by atoms with Gasteiger partial charge in [0.05, 0.1) is 11.6 Å². The van der Waals surface area contributed by atoms with E-state index in [0.29, 0.717) is 0 Å². The fourth-order valence-corrected chi connectivity index (χ4v) is 1.68. The van der Waals surface area contributed by atoms with E-state index in [2.05, 4.69) is 5.10 Å². The molecule has 3 nitrogen and oxygen atoms in total. The Labute approximate surface area is 59.7 Å². The van der Waals surface area contributed by atoms with Crippen molar-refractivity contribution in [3.63, 3.8) is 0 Å². The van der Waals surface area contributed by atoms with E-state index in [1.54, 1.807) is 7.05 Å². The normalized spacial score (nSPS) is 30.9. The third kappa shape index (κ3) is 0.602. The molecule has 1 aliphatic heterocycles. The molecule has 0 aromatic heterocycles. The third-order valence-corrected chi connectivity index (χ3v) is 2.22. The molecule has 1 aliphatic carbocycles. The molecule has 1 atom stereocenters. The summed E-state index contributed by atoms with van der Waals surface area (Å²) in [4.78, 5) is 11.2. The molecule has 54 valence electrons. The number of hydrazone groups is 1. The van der Waals surface area contributed by atoms with Gasteiger partial charge in [0.15, 0.2) is 0 Å². The smallest absolute Gasteiger partial charge is 0.251 e. The summed E-state index contributed by atoms with van der Waals surface area (Å²) >= 11 is 0. The van der Waals surface area contributed by atoms with Crippen LogP contribution in [0, 0.1) is 5.92 Å². The molecule has 0 unspecified atom stereocenters. The van der Waals surface area contributed by atoms with Gasteiger partial charge in [-0.25, -0.2) is 5.01 Å². The quantitative estimate of drug-likeness (QED) is 0.483. The summed E-state index contributed by atoms with van der Waals surface area (Å²) in [6, 6.07) is 0. The number of hydrogen-bond donors (Lipinski definition) is 0. The molecular weight excluding hydrogens is 128 g/mol. The van der Waals surface area contributed by atoms with Crippen LogP contribution in [0.15, 0.2) is 5.10 Å². The maximum Gasteiger partial charge on any atom is 0.251 e. The van der Waals surface area contributed by atoms with Crippen LogP contribution in [-0.4, -0.2) is 23.7 Å². The van der Waals surface area contributed by atoms with Crippen molar-refractivity contribution in [1.82, 2.24) is 5.01 Å². The Hall–Kier alpha value is -0.860. The molecule has 0 aromatic carbocycles. The summed E-state index contributed by atoms with van der Waals surface area (Å²) in [6.07, 6.45) is 3.19. The maximum atomic E-state index is 11.2. The first-order chi connectivity index (χ1) is 4.79. The summed E-state index contributed by atoms with van der Waals surface area (Å²) in [5, 5.41) is 5.60. The van der Waals surface area contributed by atoms with Crippen molar-refractivity contribution in [3.05, 3.63) is 0 Å². The molecule has 0 saturated heterocycles. The van der Waals surface area contributed by atoms with E-state index in [1.165, 1.54) is 5.01 Å². The molecule has 0 aromatic rings. The lowest BCUT2D eigenvalue weighted by Gasteiger charge is -2.04. The number of rotatable bonds is 0. The molecule has 0 bridgehead atoms. The van der Waals surface area contributed by atoms with Crippen molar-refractivity contribution in [2.45, 2.75) is 19.3 Å². The van der Waals surface area contributed by atoms with Crippen molar-refractivity contribution >= 4 is 11.6 Å². The molecule has 2 aliphatic rings. The van der Waals surface area contributed by atoms with Gasteiger partial charge in [0.2, 0.25) is 0 Å². The van der Waals surface area contributed by atoms with Gasteiger partial charge in [-0.05, 0) is 19.3 Å². The first kappa shape index (κ1) is 5.89. The van der Waals surface area contributed by atoms with Crippen molar-refractivity contribution in [1.29, 1.82) is 0 Å². The van der Waals surface area contributed by atoms with Gasteiger partial charge in [-0.1, -0.05) is 0 Å². The average molecular weight is 138 g/mol. The molecule has 2 rings (SSSR count). The Kier molecular flexibility index (Phi) is 1.07. The van der Waals surface area contributed by atoms with Gasteiger partial charge in [0, 0.05) is 7.05 Å². The molecule has 0 radical (unpaired) electrons. The van der Waals surface area contributed by atoms with Crippen LogP contribution < -0.4 is 0 Å². The van der Waals surface area contributed by atoms with E-state index < -0.39 is 0 Å². The summed E-state index contributed by atoms with van der Waals surface area (Å²) < 4.78 is 0. The van der Waals surface area contributed by atoms with Crippen molar-refractivity contribution in [2.75, 3.05) is 7.05 Å². The van der Waals surface area contributed by atoms with Crippen LogP contribution in [0.2, 0.25) is 0 Å². The van der Waals surface area contributed by atoms with Crippen LogP contribution in [0.25, 0.3) is 0 Å². The van der Waals surface area contributed by atoms with Crippen LogP contribution in [-0.2, 0) is 4.79 Å². The molecule has 1 heterocycles. The largest absolute Gasteiger partial charge is 0.272 e. The zero-order valence-electron chi connectivity index (χ0n) is 6.00. The molecule has 1 fully saturated rings. The van der Waals surface area contributed by atoms with Gasteiger partial charge in [0.25, 0.3) is 5.91 Å². The van der Waals surface area contributed by atoms with Crippen LogP contribution in [0.5, 0.6) is 0 Å². The Balaban J connectivity index is 2.30. The minimum absolute atomic E-state index is 0.157. The van der Waals surface area contributed by atoms with Crippen LogP contribution in [0.3, 0.4) is 0 Å². The molecule has 0 N–H and O–H groups in total. The zero-order chi connectivity index (χ0) is 7.14. The van der Waals surface area contributed by atoms with Crippen molar-refractivity contribution in [2.24, 2.45) is 11.0 Å². The highest BCUT2D eigenvalue weighted by molar-refractivity contribution is 6.08. The van der Waals surface area contributed by atoms with E-state index in [0.717, 1.165) is 25.0 Å². The number of hydrogen-bond acceptors (Lipinski definition) is 2. The van der Waals surface area contributed by atoms with Gasteiger partial charge in [-0.15, -0.1) is 0 Å². The summed E-state index contributed by atoms with van der Waals surface area (Å²) in [5.74, 6) is 0.345. The average Bonchev–Trinajstić information content (AvgIpc) is 2.41. The minimum Gasteiger partial charge on any atom is -0.272 e. The molecule has 1 amide bonds. The lowest BCUT2D eigenvalue weighted by atomic mass is 10.1. The maximum absolute atomic E-state index is 11.2. The van der Waals surface area contributed by atoms with Crippen LogP contribution in [0.4, 0.5) is 0 Å². The predicted molar refractivity (Wildman–Crippen MR) is 37.5 cm³/mol. The second kappa shape index (κ2) is 1.81. The van der Waals surface area contributed by atoms with Gasteiger partial charge >= 0.3 is 0 Å². The van der Waals surface area contributed by atoms with Crippen molar-refractivity contribution < 1.29 is 4.79 Å². The Morgan fingerprint density at radius 2 is 2.50 bits per heavy atom. The summed E-state index contributed by atoms with van der Waals surface area (Å²) in [6.45, 7) is 0. The highest BCUT2D eigenvalue weighted by Crippen LogP contribution is 2.28. The Morgan fingerprint density at radius 1 is 1.70 bits per heavy atom. The number of carbonyl (C=O) groups is 1. The SMILES string of the molecule is CN1N=C2CCC[C@H]2C1=O. The zero-order valence-corrected chi connectivity index (χ0v) is 6.00. The molecule has 1 saturated carbocycles. The van der Waals surface area contributed by atoms with Crippen LogP contribution in [0.1, 0.15) is 19.3 Å².